The van der Waals surface area contributed by atoms with Gasteiger partial charge in [-0.25, -0.2) is 9.59 Å². The number of urea groups is 1. The third kappa shape index (κ3) is 3.90. The van der Waals surface area contributed by atoms with Gasteiger partial charge in [-0.1, -0.05) is 45.4 Å². The highest BCUT2D eigenvalue weighted by atomic mass is 16.4. The smallest absolute Gasteiger partial charge is 0.328 e. The monoisotopic (exact) mass is 447 g/mol. The number of nitrogens with zero attached hydrogens (tertiary/aromatic N) is 3. The molecule has 2 saturated heterocycles. The molecule has 4 aliphatic rings. The quantitative estimate of drug-likeness (QED) is 0.630. The first kappa shape index (κ1) is 23.1. The Kier molecular flexibility index (Phi) is 6.77. The van der Waals surface area contributed by atoms with Crippen LogP contribution in [0.2, 0.25) is 0 Å². The first-order valence-corrected chi connectivity index (χ1v) is 12.6. The molecule has 0 bridgehead atoms. The molecule has 4 amide bonds. The summed E-state index contributed by atoms with van der Waals surface area (Å²) in [6.07, 6.45) is 10.3. The van der Waals surface area contributed by atoms with Gasteiger partial charge in [0.15, 0.2) is 0 Å². The third-order valence-corrected chi connectivity index (χ3v) is 8.19. The van der Waals surface area contributed by atoms with Crippen molar-refractivity contribution in [1.29, 1.82) is 0 Å². The molecule has 0 spiro atoms. The second-order valence-electron chi connectivity index (χ2n) is 10.1. The normalized spacial score (nSPS) is 32.4. The van der Waals surface area contributed by atoms with E-state index in [9.17, 15) is 24.3 Å². The summed E-state index contributed by atoms with van der Waals surface area (Å²) in [6.45, 7) is 3.65. The number of imide groups is 1. The van der Waals surface area contributed by atoms with Gasteiger partial charge in [0.05, 0.1) is 0 Å². The van der Waals surface area contributed by atoms with E-state index in [2.05, 4.69) is 0 Å². The van der Waals surface area contributed by atoms with Gasteiger partial charge in [0.2, 0.25) is 5.91 Å². The zero-order chi connectivity index (χ0) is 23.0. The van der Waals surface area contributed by atoms with E-state index in [1.165, 1.54) is 9.80 Å². The van der Waals surface area contributed by atoms with E-state index in [4.69, 9.17) is 0 Å². The number of amides is 4. The molecule has 2 aliphatic carbocycles. The van der Waals surface area contributed by atoms with Gasteiger partial charge in [0, 0.05) is 12.1 Å². The van der Waals surface area contributed by atoms with Crippen molar-refractivity contribution in [3.63, 3.8) is 0 Å². The summed E-state index contributed by atoms with van der Waals surface area (Å²) in [5, 5.41) is 9.83. The molecule has 0 radical (unpaired) electrons. The van der Waals surface area contributed by atoms with E-state index in [0.717, 1.165) is 64.2 Å². The van der Waals surface area contributed by atoms with Crippen LogP contribution in [-0.2, 0) is 14.4 Å². The van der Waals surface area contributed by atoms with Crippen molar-refractivity contribution in [3.8, 4) is 0 Å². The second-order valence-corrected chi connectivity index (χ2v) is 10.1. The average Bonchev–Trinajstić information content (AvgIpc) is 3.29. The fourth-order valence-corrected chi connectivity index (χ4v) is 6.61. The maximum absolute atomic E-state index is 13.7. The molecule has 2 aliphatic heterocycles. The lowest BCUT2D eigenvalue weighted by Gasteiger charge is -2.37. The Morgan fingerprint density at radius 1 is 1.03 bits per heavy atom. The van der Waals surface area contributed by atoms with E-state index in [1.54, 1.807) is 11.8 Å². The maximum Gasteiger partial charge on any atom is 0.328 e. The summed E-state index contributed by atoms with van der Waals surface area (Å²) in [4.78, 5) is 57.0. The molecule has 1 unspecified atom stereocenters. The standard InChI is InChI=1S/C24H37N3O5/c1-3-9-19-22(29)26(17-11-5-4-6-12-17)24(32)25(19)15(2)21(28)27-18-13-8-7-10-16(18)14-20(27)23(30)31/h15-20H,3-14H2,1-2H3,(H,30,31)/t15-,16-,18-,19?,20-/m0/s1. The van der Waals surface area contributed by atoms with Gasteiger partial charge >= 0.3 is 12.0 Å². The van der Waals surface area contributed by atoms with Crippen LogP contribution in [0, 0.1) is 5.92 Å². The van der Waals surface area contributed by atoms with Crippen LogP contribution in [0.4, 0.5) is 4.79 Å². The molecular weight excluding hydrogens is 410 g/mol. The summed E-state index contributed by atoms with van der Waals surface area (Å²) in [5.41, 5.74) is 0. The van der Waals surface area contributed by atoms with Crippen LogP contribution >= 0.6 is 0 Å². The summed E-state index contributed by atoms with van der Waals surface area (Å²) in [7, 11) is 0. The van der Waals surface area contributed by atoms with Gasteiger partial charge in [0.25, 0.3) is 5.91 Å². The molecule has 32 heavy (non-hydrogen) atoms. The third-order valence-electron chi connectivity index (χ3n) is 8.19. The average molecular weight is 448 g/mol. The van der Waals surface area contributed by atoms with Crippen molar-refractivity contribution < 1.29 is 24.3 Å². The van der Waals surface area contributed by atoms with Gasteiger partial charge in [-0.05, 0) is 51.4 Å². The molecule has 2 saturated carbocycles. The van der Waals surface area contributed by atoms with Crippen LogP contribution in [0.1, 0.15) is 90.9 Å². The number of carbonyl (C=O) groups excluding carboxylic acids is 3. The predicted molar refractivity (Wildman–Crippen MR) is 118 cm³/mol. The van der Waals surface area contributed by atoms with E-state index in [-0.39, 0.29) is 35.8 Å². The lowest BCUT2D eigenvalue weighted by molar-refractivity contribution is -0.152. The molecule has 0 aromatic carbocycles. The van der Waals surface area contributed by atoms with Crippen LogP contribution in [-0.4, -0.2) is 73.8 Å². The van der Waals surface area contributed by atoms with Crippen LogP contribution in [0.15, 0.2) is 0 Å². The molecule has 0 aromatic rings. The number of hydrogen-bond donors (Lipinski definition) is 1. The number of aliphatic carboxylic acids is 1. The molecular formula is C24H37N3O5. The Hall–Kier alpha value is -2.12. The van der Waals surface area contributed by atoms with Crippen molar-refractivity contribution in [2.45, 2.75) is 121 Å². The highest BCUT2D eigenvalue weighted by Crippen LogP contribution is 2.41. The van der Waals surface area contributed by atoms with Crippen molar-refractivity contribution in [2.75, 3.05) is 0 Å². The van der Waals surface area contributed by atoms with Crippen molar-refractivity contribution in [3.05, 3.63) is 0 Å². The molecule has 8 heteroatoms. The fourth-order valence-electron chi connectivity index (χ4n) is 6.61. The molecule has 4 rings (SSSR count). The number of likely N-dealkylation sites (tertiary alicyclic amines) is 1. The number of rotatable bonds is 6. The van der Waals surface area contributed by atoms with E-state index in [1.807, 2.05) is 6.92 Å². The van der Waals surface area contributed by atoms with Crippen molar-refractivity contribution >= 4 is 23.8 Å². The SMILES string of the molecule is CCCC1C(=O)N(C2CCCCC2)C(=O)N1[C@@H](C)C(=O)N1[C@H](C(=O)O)C[C@@H]2CCCC[C@@H]21. The van der Waals surface area contributed by atoms with Gasteiger partial charge in [0.1, 0.15) is 18.1 Å². The van der Waals surface area contributed by atoms with Crippen LogP contribution in [0.3, 0.4) is 0 Å². The zero-order valence-electron chi connectivity index (χ0n) is 19.4. The van der Waals surface area contributed by atoms with Gasteiger partial charge in [-0.3, -0.25) is 14.5 Å². The fraction of sp³-hybridized carbons (Fsp3) is 0.833. The minimum Gasteiger partial charge on any atom is -0.480 e. The number of carboxylic acid groups (broad SMARTS) is 1. The molecule has 5 atom stereocenters. The minimum atomic E-state index is -0.974. The topological polar surface area (TPSA) is 98.2 Å². The summed E-state index contributed by atoms with van der Waals surface area (Å²) < 4.78 is 0. The van der Waals surface area contributed by atoms with Crippen LogP contribution in [0.25, 0.3) is 0 Å². The number of hydrogen-bond acceptors (Lipinski definition) is 4. The maximum atomic E-state index is 13.7. The van der Waals surface area contributed by atoms with Crippen LogP contribution < -0.4 is 0 Å². The number of carbonyl (C=O) groups is 4. The van der Waals surface area contributed by atoms with Crippen molar-refractivity contribution in [1.82, 2.24) is 14.7 Å². The number of fused-ring (bicyclic) bond motifs is 1. The Morgan fingerprint density at radius 3 is 2.34 bits per heavy atom. The Balaban J connectivity index is 1.60. The first-order chi connectivity index (χ1) is 15.4. The van der Waals surface area contributed by atoms with Gasteiger partial charge in [-0.15, -0.1) is 0 Å². The highest BCUT2D eigenvalue weighted by molar-refractivity contribution is 6.06. The van der Waals surface area contributed by atoms with E-state index in [0.29, 0.717) is 12.8 Å². The molecule has 178 valence electrons. The largest absolute Gasteiger partial charge is 0.480 e. The Labute approximate surface area is 190 Å². The Morgan fingerprint density at radius 2 is 1.69 bits per heavy atom. The summed E-state index contributed by atoms with van der Waals surface area (Å²) in [6, 6.07) is -2.86. The predicted octanol–water partition coefficient (Wildman–Crippen LogP) is 3.38. The van der Waals surface area contributed by atoms with E-state index >= 15 is 0 Å². The Bertz CT molecular complexity index is 765. The molecule has 8 nitrogen and oxygen atoms in total. The first-order valence-electron chi connectivity index (χ1n) is 12.6. The lowest BCUT2D eigenvalue weighted by atomic mass is 9.84. The summed E-state index contributed by atoms with van der Waals surface area (Å²) in [5.74, 6) is -1.27. The van der Waals surface area contributed by atoms with Gasteiger partial charge in [-0.2, -0.15) is 0 Å². The zero-order valence-corrected chi connectivity index (χ0v) is 19.4. The number of carboxylic acids is 1. The summed E-state index contributed by atoms with van der Waals surface area (Å²) >= 11 is 0. The lowest BCUT2D eigenvalue weighted by Crippen LogP contribution is -2.56. The molecule has 2 heterocycles. The minimum absolute atomic E-state index is 0.0766. The highest BCUT2D eigenvalue weighted by Gasteiger charge is 2.54. The molecule has 1 N–H and O–H groups in total. The second kappa shape index (κ2) is 9.40. The van der Waals surface area contributed by atoms with Gasteiger partial charge < -0.3 is 14.9 Å². The molecule has 4 fully saturated rings. The van der Waals surface area contributed by atoms with Crippen LogP contribution in [0.5, 0.6) is 0 Å². The van der Waals surface area contributed by atoms with E-state index < -0.39 is 24.1 Å². The molecule has 0 aromatic heterocycles. The van der Waals surface area contributed by atoms with Crippen molar-refractivity contribution in [2.24, 2.45) is 5.92 Å².